The first kappa shape index (κ1) is 14.3. The lowest BCUT2D eigenvalue weighted by Gasteiger charge is -2.18. The minimum atomic E-state index is 0.640. The summed E-state index contributed by atoms with van der Waals surface area (Å²) in [6, 6.07) is 14.0. The minimum absolute atomic E-state index is 0.640. The molecule has 0 fully saturated rings. The van der Waals surface area contributed by atoms with Gasteiger partial charge in [-0.05, 0) is 42.8 Å². The molecule has 4 rings (SSSR count). The Morgan fingerprint density at radius 1 is 1.00 bits per heavy atom. The molecule has 0 saturated heterocycles. The molecular formula is C18H16N6. The fraction of sp³-hybridized carbons (Fsp3) is 0.111. The van der Waals surface area contributed by atoms with E-state index >= 15 is 0 Å². The highest BCUT2D eigenvalue weighted by atomic mass is 15.4. The summed E-state index contributed by atoms with van der Waals surface area (Å²) >= 11 is 0. The molecule has 1 aromatic carbocycles. The maximum Gasteiger partial charge on any atom is 0.230 e. The number of rotatable bonds is 3. The normalized spacial score (nSPS) is 10.9. The average molecular weight is 316 g/mol. The molecule has 118 valence electrons. The van der Waals surface area contributed by atoms with Crippen LogP contribution in [0.25, 0.3) is 16.8 Å². The van der Waals surface area contributed by atoms with E-state index < -0.39 is 0 Å². The highest BCUT2D eigenvalue weighted by molar-refractivity contribution is 5.77. The van der Waals surface area contributed by atoms with E-state index in [2.05, 4.69) is 34.2 Å². The van der Waals surface area contributed by atoms with Crippen LogP contribution in [0.5, 0.6) is 0 Å². The van der Waals surface area contributed by atoms with Gasteiger partial charge in [0.1, 0.15) is 0 Å². The summed E-state index contributed by atoms with van der Waals surface area (Å²) < 4.78 is 1.60. The fourth-order valence-electron chi connectivity index (χ4n) is 2.64. The predicted octanol–water partition coefficient (Wildman–Crippen LogP) is 3.26. The highest BCUT2D eigenvalue weighted by Crippen LogP contribution is 2.25. The van der Waals surface area contributed by atoms with Gasteiger partial charge in [-0.15, -0.1) is 0 Å². The van der Waals surface area contributed by atoms with Crippen LogP contribution in [0.2, 0.25) is 0 Å². The van der Waals surface area contributed by atoms with Gasteiger partial charge in [0.15, 0.2) is 0 Å². The molecule has 4 aromatic rings. The van der Waals surface area contributed by atoms with Crippen molar-refractivity contribution in [3.8, 4) is 11.3 Å². The van der Waals surface area contributed by atoms with E-state index in [-0.39, 0.29) is 0 Å². The van der Waals surface area contributed by atoms with Crippen LogP contribution >= 0.6 is 0 Å². The van der Waals surface area contributed by atoms with Gasteiger partial charge < -0.3 is 4.90 Å². The molecule has 3 heterocycles. The van der Waals surface area contributed by atoms with Gasteiger partial charge in [-0.2, -0.15) is 14.8 Å². The summed E-state index contributed by atoms with van der Waals surface area (Å²) in [6.07, 6.45) is 5.26. The Balaban J connectivity index is 1.76. The molecule has 0 atom stereocenters. The van der Waals surface area contributed by atoms with Crippen molar-refractivity contribution in [1.82, 2.24) is 24.8 Å². The van der Waals surface area contributed by atoms with Gasteiger partial charge in [0.2, 0.25) is 5.95 Å². The number of aryl methyl sites for hydroxylation is 1. The van der Waals surface area contributed by atoms with Gasteiger partial charge in [0.05, 0.1) is 17.4 Å². The lowest BCUT2D eigenvalue weighted by molar-refractivity contribution is 0.800. The number of hydrogen-bond donors (Lipinski definition) is 0. The Bertz CT molecular complexity index is 1010. The molecule has 0 N–H and O–H groups in total. The van der Waals surface area contributed by atoms with Gasteiger partial charge in [0, 0.05) is 30.7 Å². The second-order valence-corrected chi connectivity index (χ2v) is 5.60. The summed E-state index contributed by atoms with van der Waals surface area (Å²) in [6.45, 7) is 2.07. The maximum absolute atomic E-state index is 4.71. The first-order valence-corrected chi connectivity index (χ1v) is 7.65. The van der Waals surface area contributed by atoms with Crippen LogP contribution in [-0.4, -0.2) is 31.8 Å². The second kappa shape index (κ2) is 5.73. The van der Waals surface area contributed by atoms with E-state index in [0.717, 1.165) is 22.5 Å². The summed E-state index contributed by atoms with van der Waals surface area (Å²) in [5, 5.41) is 8.46. The first-order valence-electron chi connectivity index (χ1n) is 7.65. The van der Waals surface area contributed by atoms with Crippen molar-refractivity contribution in [2.45, 2.75) is 6.92 Å². The summed E-state index contributed by atoms with van der Waals surface area (Å²) in [5.74, 6) is 0.640. The molecule has 0 aliphatic rings. The number of hydrogen-bond acceptors (Lipinski definition) is 5. The lowest BCUT2D eigenvalue weighted by Crippen LogP contribution is -2.13. The van der Waals surface area contributed by atoms with Crippen LogP contribution in [0, 0.1) is 6.92 Å². The third kappa shape index (κ3) is 2.48. The summed E-state index contributed by atoms with van der Waals surface area (Å²) in [4.78, 5) is 11.1. The van der Waals surface area contributed by atoms with Crippen LogP contribution in [0.15, 0.2) is 61.1 Å². The van der Waals surface area contributed by atoms with E-state index in [4.69, 9.17) is 4.98 Å². The monoisotopic (exact) mass is 316 g/mol. The standard InChI is InChI=1S/C18H16N6/c1-13-5-3-6-14(11-13)23(2)18-19-10-8-16(22-18)15-12-21-24-17(15)7-4-9-20-24/h3-12H,1-2H3. The van der Waals surface area contributed by atoms with E-state index in [1.54, 1.807) is 23.2 Å². The van der Waals surface area contributed by atoms with Crippen LogP contribution in [0.3, 0.4) is 0 Å². The molecule has 0 aliphatic carbocycles. The van der Waals surface area contributed by atoms with E-state index in [9.17, 15) is 0 Å². The van der Waals surface area contributed by atoms with Crippen molar-refractivity contribution in [1.29, 1.82) is 0 Å². The van der Waals surface area contributed by atoms with Gasteiger partial charge in [-0.1, -0.05) is 12.1 Å². The Labute approximate surface area is 139 Å². The topological polar surface area (TPSA) is 59.2 Å². The smallest absolute Gasteiger partial charge is 0.230 e. The number of aromatic nitrogens is 5. The molecule has 6 nitrogen and oxygen atoms in total. The lowest BCUT2D eigenvalue weighted by atomic mass is 10.2. The van der Waals surface area contributed by atoms with Crippen molar-refractivity contribution < 1.29 is 0 Å². The quantitative estimate of drug-likeness (QED) is 0.580. The Morgan fingerprint density at radius 3 is 2.79 bits per heavy atom. The van der Waals surface area contributed by atoms with Crippen molar-refractivity contribution >= 4 is 17.2 Å². The van der Waals surface area contributed by atoms with Crippen molar-refractivity contribution in [2.24, 2.45) is 0 Å². The number of nitrogens with zero attached hydrogens (tertiary/aromatic N) is 6. The van der Waals surface area contributed by atoms with Crippen LogP contribution < -0.4 is 4.90 Å². The predicted molar refractivity (Wildman–Crippen MR) is 93.3 cm³/mol. The van der Waals surface area contributed by atoms with E-state index in [0.29, 0.717) is 5.95 Å². The summed E-state index contributed by atoms with van der Waals surface area (Å²) in [7, 11) is 1.96. The first-order chi connectivity index (χ1) is 11.7. The maximum atomic E-state index is 4.71. The number of benzene rings is 1. The average Bonchev–Trinajstić information content (AvgIpc) is 3.05. The van der Waals surface area contributed by atoms with Gasteiger partial charge in [-0.25, -0.2) is 9.97 Å². The molecule has 0 saturated carbocycles. The molecule has 0 spiro atoms. The van der Waals surface area contributed by atoms with Gasteiger partial charge >= 0.3 is 0 Å². The van der Waals surface area contributed by atoms with Gasteiger partial charge in [0.25, 0.3) is 0 Å². The van der Waals surface area contributed by atoms with E-state index in [1.165, 1.54) is 5.56 Å². The molecule has 0 radical (unpaired) electrons. The van der Waals surface area contributed by atoms with Crippen LogP contribution in [-0.2, 0) is 0 Å². The minimum Gasteiger partial charge on any atom is -0.314 e. The molecular weight excluding hydrogens is 300 g/mol. The van der Waals surface area contributed by atoms with Crippen molar-refractivity contribution in [2.75, 3.05) is 11.9 Å². The highest BCUT2D eigenvalue weighted by Gasteiger charge is 2.12. The number of fused-ring (bicyclic) bond motifs is 1. The zero-order chi connectivity index (χ0) is 16.5. The van der Waals surface area contributed by atoms with Crippen LogP contribution in [0.1, 0.15) is 5.56 Å². The largest absolute Gasteiger partial charge is 0.314 e. The van der Waals surface area contributed by atoms with E-state index in [1.807, 2.05) is 42.3 Å². The van der Waals surface area contributed by atoms with Crippen molar-refractivity contribution in [3.63, 3.8) is 0 Å². The SMILES string of the molecule is Cc1cccc(N(C)c2nccc(-c3cnn4ncccc34)n2)c1. The zero-order valence-electron chi connectivity index (χ0n) is 13.5. The van der Waals surface area contributed by atoms with Crippen LogP contribution in [0.4, 0.5) is 11.6 Å². The Hall–Kier alpha value is -3.28. The molecule has 3 aromatic heterocycles. The third-order valence-electron chi connectivity index (χ3n) is 3.91. The Morgan fingerprint density at radius 2 is 1.92 bits per heavy atom. The molecule has 0 bridgehead atoms. The number of anilines is 2. The third-order valence-corrected chi connectivity index (χ3v) is 3.91. The van der Waals surface area contributed by atoms with Gasteiger partial charge in [-0.3, -0.25) is 0 Å². The zero-order valence-corrected chi connectivity index (χ0v) is 13.5. The summed E-state index contributed by atoms with van der Waals surface area (Å²) in [5.41, 5.74) is 4.92. The molecule has 0 unspecified atom stereocenters. The Kier molecular flexibility index (Phi) is 3.42. The van der Waals surface area contributed by atoms with Crippen molar-refractivity contribution in [3.05, 3.63) is 66.6 Å². The second-order valence-electron chi connectivity index (χ2n) is 5.60. The molecule has 0 amide bonds. The molecule has 6 heteroatoms. The fourth-order valence-corrected chi connectivity index (χ4v) is 2.64. The molecule has 0 aliphatic heterocycles. The molecule has 24 heavy (non-hydrogen) atoms.